The summed E-state index contributed by atoms with van der Waals surface area (Å²) in [4.78, 5) is 21.3. The maximum absolute atomic E-state index is 11.2. The third kappa shape index (κ3) is 2.22. The van der Waals surface area contributed by atoms with Crippen molar-refractivity contribution in [3.63, 3.8) is 0 Å². The lowest BCUT2D eigenvalue weighted by Crippen LogP contribution is -2.11. The third-order valence-electron chi connectivity index (χ3n) is 1.51. The monoisotopic (exact) mass is 196 g/mol. The molecule has 0 atom stereocenters. The minimum absolute atomic E-state index is 0.0809. The lowest BCUT2D eigenvalue weighted by atomic mass is 10.2. The van der Waals surface area contributed by atoms with Crippen molar-refractivity contribution in [2.75, 3.05) is 7.11 Å². The molecular formula is C9H8O5. The number of esters is 1. The summed E-state index contributed by atoms with van der Waals surface area (Å²) >= 11 is 0. The molecule has 1 rings (SSSR count). The van der Waals surface area contributed by atoms with Crippen molar-refractivity contribution >= 4 is 12.1 Å². The number of hydrogen-bond donors (Lipinski definition) is 1. The van der Waals surface area contributed by atoms with Crippen LogP contribution in [0.3, 0.4) is 0 Å². The molecular weight excluding hydrogens is 188 g/mol. The molecule has 0 aliphatic carbocycles. The van der Waals surface area contributed by atoms with Crippen LogP contribution in [0.2, 0.25) is 0 Å². The van der Waals surface area contributed by atoms with Crippen molar-refractivity contribution in [1.82, 2.24) is 0 Å². The summed E-state index contributed by atoms with van der Waals surface area (Å²) < 4.78 is 8.83. The van der Waals surface area contributed by atoms with E-state index < -0.39 is 12.1 Å². The number of benzene rings is 1. The van der Waals surface area contributed by atoms with E-state index in [0.29, 0.717) is 0 Å². The lowest BCUT2D eigenvalue weighted by Gasteiger charge is -2.04. The summed E-state index contributed by atoms with van der Waals surface area (Å²) in [6, 6.07) is 6.21. The molecule has 0 spiro atoms. The van der Waals surface area contributed by atoms with Crippen LogP contribution in [0.25, 0.3) is 0 Å². The van der Waals surface area contributed by atoms with Crippen molar-refractivity contribution in [2.24, 2.45) is 0 Å². The number of carbonyl (C=O) groups is 2. The molecule has 0 aromatic heterocycles. The van der Waals surface area contributed by atoms with Crippen molar-refractivity contribution in [3.05, 3.63) is 29.8 Å². The van der Waals surface area contributed by atoms with Gasteiger partial charge in [-0.1, -0.05) is 12.1 Å². The fourth-order valence-corrected chi connectivity index (χ4v) is 0.948. The Hall–Kier alpha value is -2.04. The highest BCUT2D eigenvalue weighted by molar-refractivity contribution is 5.97. The van der Waals surface area contributed by atoms with E-state index in [1.165, 1.54) is 13.2 Å². The van der Waals surface area contributed by atoms with Crippen LogP contribution in [0, 0.1) is 0 Å². The number of methoxy groups -OCH3 is 1. The van der Waals surface area contributed by atoms with Crippen LogP contribution in [0.4, 0.5) is 4.79 Å². The van der Waals surface area contributed by atoms with Crippen molar-refractivity contribution in [1.29, 1.82) is 0 Å². The van der Waals surface area contributed by atoms with Crippen molar-refractivity contribution in [3.8, 4) is 5.75 Å². The molecule has 5 nitrogen and oxygen atoms in total. The second-order valence-electron chi connectivity index (χ2n) is 2.36. The summed E-state index contributed by atoms with van der Waals surface area (Å²) in [6.45, 7) is 0. The lowest BCUT2D eigenvalue weighted by molar-refractivity contribution is 0.0506. The summed E-state index contributed by atoms with van der Waals surface area (Å²) in [7, 11) is 1.38. The third-order valence-corrected chi connectivity index (χ3v) is 1.51. The van der Waals surface area contributed by atoms with E-state index in [1.54, 1.807) is 18.2 Å². The van der Waals surface area contributed by atoms with E-state index in [4.69, 9.17) is 9.84 Å². The highest BCUT2D eigenvalue weighted by Crippen LogP contribution is 2.17. The topological polar surface area (TPSA) is 72.8 Å². The molecule has 74 valence electrons. The highest BCUT2D eigenvalue weighted by atomic mass is 16.7. The van der Waals surface area contributed by atoms with Gasteiger partial charge in [-0.05, 0) is 12.1 Å². The smallest absolute Gasteiger partial charge is 0.496 e. The molecule has 0 saturated carbocycles. The number of carboxylic acid groups (broad SMARTS) is 1. The van der Waals surface area contributed by atoms with Crippen LogP contribution in [-0.2, 0) is 4.74 Å². The average molecular weight is 196 g/mol. The number of rotatable bonds is 2. The maximum atomic E-state index is 11.2. The van der Waals surface area contributed by atoms with Gasteiger partial charge < -0.3 is 14.6 Å². The van der Waals surface area contributed by atoms with E-state index in [0.717, 1.165) is 0 Å². The molecule has 0 fully saturated rings. The van der Waals surface area contributed by atoms with Gasteiger partial charge in [0.2, 0.25) is 0 Å². The molecule has 1 N–H and O–H groups in total. The van der Waals surface area contributed by atoms with Crippen LogP contribution >= 0.6 is 0 Å². The Morgan fingerprint density at radius 3 is 2.50 bits per heavy atom. The zero-order valence-electron chi connectivity index (χ0n) is 7.39. The highest BCUT2D eigenvalue weighted by Gasteiger charge is 2.15. The molecule has 0 unspecified atom stereocenters. The first-order valence-corrected chi connectivity index (χ1v) is 3.73. The molecule has 0 radical (unpaired) electrons. The van der Waals surface area contributed by atoms with Gasteiger partial charge in [-0.25, -0.2) is 9.59 Å². The van der Waals surface area contributed by atoms with Crippen LogP contribution in [0.1, 0.15) is 10.4 Å². The van der Waals surface area contributed by atoms with E-state index in [-0.39, 0.29) is 11.3 Å². The predicted molar refractivity (Wildman–Crippen MR) is 46.4 cm³/mol. The van der Waals surface area contributed by atoms with E-state index in [2.05, 4.69) is 4.74 Å². The molecule has 5 heteroatoms. The van der Waals surface area contributed by atoms with Gasteiger partial charge >= 0.3 is 12.1 Å². The number of para-hydroxylation sites is 1. The van der Waals surface area contributed by atoms with Gasteiger partial charge in [-0.15, -0.1) is 0 Å². The van der Waals surface area contributed by atoms with Crippen LogP contribution in [0.15, 0.2) is 24.3 Å². The molecule has 0 saturated heterocycles. The first kappa shape index (κ1) is 10.0. The number of carbonyl (C=O) groups excluding carboxylic acids is 1. The van der Waals surface area contributed by atoms with Gasteiger partial charge in [-0.2, -0.15) is 0 Å². The largest absolute Gasteiger partial charge is 0.513 e. The minimum Gasteiger partial charge on any atom is -0.496 e. The number of hydrogen-bond acceptors (Lipinski definition) is 4. The predicted octanol–water partition coefficient (Wildman–Crippen LogP) is 1.53. The summed E-state index contributed by atoms with van der Waals surface area (Å²) in [5.41, 5.74) is 0.0809. The van der Waals surface area contributed by atoms with Gasteiger partial charge in [0.15, 0.2) is 0 Å². The van der Waals surface area contributed by atoms with Gasteiger partial charge in [0.1, 0.15) is 11.3 Å². The molecule has 0 heterocycles. The van der Waals surface area contributed by atoms with E-state index in [9.17, 15) is 9.59 Å². The molecule has 1 aromatic rings. The first-order valence-electron chi connectivity index (χ1n) is 3.73. The normalized spacial score (nSPS) is 9.21. The minimum atomic E-state index is -1.64. The quantitative estimate of drug-likeness (QED) is 0.573. The molecule has 0 aliphatic heterocycles. The van der Waals surface area contributed by atoms with Crippen molar-refractivity contribution < 1.29 is 24.2 Å². The van der Waals surface area contributed by atoms with Gasteiger partial charge in [0.05, 0.1) is 7.11 Å². The first-order chi connectivity index (χ1) is 6.65. The Kier molecular flexibility index (Phi) is 3.06. The van der Waals surface area contributed by atoms with Gasteiger partial charge in [0, 0.05) is 0 Å². The Bertz CT molecular complexity index is 358. The maximum Gasteiger partial charge on any atom is 0.513 e. The average Bonchev–Trinajstić information content (AvgIpc) is 2.16. The molecule has 0 amide bonds. The second-order valence-corrected chi connectivity index (χ2v) is 2.36. The summed E-state index contributed by atoms with van der Waals surface area (Å²) in [5.74, 6) is -0.673. The van der Waals surface area contributed by atoms with E-state index >= 15 is 0 Å². The van der Waals surface area contributed by atoms with Crippen LogP contribution in [-0.4, -0.2) is 24.3 Å². The SMILES string of the molecule is COc1ccccc1C(=O)OC(=O)O. The Balaban J connectivity index is 2.94. The second kappa shape index (κ2) is 4.27. The van der Waals surface area contributed by atoms with E-state index in [1.807, 2.05) is 0 Å². The summed E-state index contributed by atoms with van der Waals surface area (Å²) in [6.07, 6.45) is -1.64. The fraction of sp³-hybridized carbons (Fsp3) is 0.111. The molecule has 0 aliphatic rings. The van der Waals surface area contributed by atoms with Gasteiger partial charge in [0.25, 0.3) is 0 Å². The van der Waals surface area contributed by atoms with Crippen LogP contribution < -0.4 is 4.74 Å². The summed E-state index contributed by atoms with van der Waals surface area (Å²) in [5, 5.41) is 8.22. The zero-order valence-corrected chi connectivity index (χ0v) is 7.39. The standard InChI is InChI=1S/C9H8O5/c1-13-7-5-3-2-4-6(7)8(10)14-9(11)12/h2-5H,1H3,(H,11,12). The van der Waals surface area contributed by atoms with Gasteiger partial charge in [-0.3, -0.25) is 0 Å². The van der Waals surface area contributed by atoms with Crippen LogP contribution in [0.5, 0.6) is 5.75 Å². The zero-order chi connectivity index (χ0) is 10.6. The molecule has 1 aromatic carbocycles. The Labute approximate surface area is 79.9 Å². The Morgan fingerprint density at radius 2 is 1.93 bits per heavy atom. The molecule has 14 heavy (non-hydrogen) atoms. The number of ether oxygens (including phenoxy) is 2. The fourth-order valence-electron chi connectivity index (χ4n) is 0.948. The van der Waals surface area contributed by atoms with Crippen molar-refractivity contribution in [2.45, 2.75) is 0 Å². The molecule has 0 bridgehead atoms. The Morgan fingerprint density at radius 1 is 1.29 bits per heavy atom.